The molecule has 1 heteroatoms. The molecule has 0 fully saturated rings. The Morgan fingerprint density at radius 3 is 2.67 bits per heavy atom. The van der Waals surface area contributed by atoms with Crippen LogP contribution in [0.2, 0.25) is 0 Å². The van der Waals surface area contributed by atoms with E-state index in [0.717, 1.165) is 0 Å². The molecule has 0 saturated carbocycles. The van der Waals surface area contributed by atoms with Crippen molar-refractivity contribution in [3.8, 4) is 12.5 Å². The van der Waals surface area contributed by atoms with Crippen molar-refractivity contribution in [3.05, 3.63) is 18.5 Å². The van der Waals surface area contributed by atoms with Gasteiger partial charge in [-0.25, -0.2) is 5.32 Å². The Labute approximate surface area is 37.4 Å². The fourth-order valence-corrected chi connectivity index (χ4v) is 0.107. The second-order valence-corrected chi connectivity index (χ2v) is 0.704. The molecule has 0 aliphatic rings. The van der Waals surface area contributed by atoms with Gasteiger partial charge in [-0.3, -0.25) is 0 Å². The second-order valence-electron chi connectivity index (χ2n) is 0.704. The smallest absolute Gasteiger partial charge is 0.148 e. The van der Waals surface area contributed by atoms with E-state index in [1.807, 2.05) is 0 Å². The highest BCUT2D eigenvalue weighted by molar-refractivity contribution is 4.69. The molecule has 0 saturated heterocycles. The van der Waals surface area contributed by atoms with Crippen molar-refractivity contribution in [1.82, 2.24) is 0 Å². The normalized spacial score (nSPS) is 5.17. The SMILES string of the molecule is C#C[NH2+]C=C=C. The molecule has 30 valence electrons. The van der Waals surface area contributed by atoms with E-state index >= 15 is 0 Å². The summed E-state index contributed by atoms with van der Waals surface area (Å²) in [7, 11) is 0. The van der Waals surface area contributed by atoms with E-state index in [-0.39, 0.29) is 0 Å². The Bertz CT molecular complexity index is 102. The van der Waals surface area contributed by atoms with Gasteiger partial charge in [0.15, 0.2) is 0 Å². The minimum absolute atomic E-state index is 1.53. The summed E-state index contributed by atoms with van der Waals surface area (Å²) >= 11 is 0. The fourth-order valence-electron chi connectivity index (χ4n) is 0.107. The predicted octanol–water partition coefficient (Wildman–Crippen LogP) is -0.561. The van der Waals surface area contributed by atoms with Crippen LogP contribution in [0.3, 0.4) is 0 Å². The van der Waals surface area contributed by atoms with Gasteiger partial charge in [0.25, 0.3) is 0 Å². The zero-order chi connectivity index (χ0) is 4.83. The molecule has 2 N–H and O–H groups in total. The molecule has 6 heavy (non-hydrogen) atoms. The van der Waals surface area contributed by atoms with Crippen LogP contribution in [0, 0.1) is 12.5 Å². The Morgan fingerprint density at radius 2 is 2.50 bits per heavy atom. The molecule has 0 spiro atoms. The summed E-state index contributed by atoms with van der Waals surface area (Å²) in [6, 6.07) is 2.29. The Balaban J connectivity index is 3.16. The minimum Gasteiger partial charge on any atom is -0.237 e. The summed E-state index contributed by atoms with van der Waals surface area (Å²) in [5.74, 6) is 0. The van der Waals surface area contributed by atoms with Gasteiger partial charge in [-0.15, -0.1) is 0 Å². The molecule has 0 aliphatic carbocycles. The van der Waals surface area contributed by atoms with Crippen LogP contribution in [0.5, 0.6) is 0 Å². The molecule has 0 radical (unpaired) electrons. The molecule has 0 aromatic heterocycles. The predicted molar refractivity (Wildman–Crippen MR) is 24.5 cm³/mol. The molecule has 0 rings (SSSR count). The Kier molecular flexibility index (Phi) is 3.39. The molecule has 1 nitrogen and oxygen atoms in total. The van der Waals surface area contributed by atoms with Crippen LogP contribution in [0.4, 0.5) is 0 Å². The first-order valence-electron chi connectivity index (χ1n) is 1.55. The van der Waals surface area contributed by atoms with Crippen LogP contribution in [-0.4, -0.2) is 0 Å². The number of quaternary nitrogens is 1. The molecule has 0 amide bonds. The maximum atomic E-state index is 4.81. The molecular weight excluding hydrogens is 74.1 g/mol. The summed E-state index contributed by atoms with van der Waals surface area (Å²) in [5.41, 5.74) is 2.50. The van der Waals surface area contributed by atoms with Crippen LogP contribution in [0.1, 0.15) is 0 Å². The maximum absolute atomic E-state index is 4.81. The summed E-state index contributed by atoms with van der Waals surface area (Å²) in [5, 5.41) is 1.53. The fraction of sp³-hybridized carbons (Fsp3) is 0. The third kappa shape index (κ3) is 3.04. The first kappa shape index (κ1) is 5.04. The summed E-state index contributed by atoms with van der Waals surface area (Å²) < 4.78 is 0. The summed E-state index contributed by atoms with van der Waals surface area (Å²) in [4.78, 5) is 0. The number of hydrogen-bond acceptors (Lipinski definition) is 0. The maximum Gasteiger partial charge on any atom is 0.148 e. The molecule has 0 heterocycles. The van der Waals surface area contributed by atoms with Gasteiger partial charge in [-0.1, -0.05) is 18.7 Å². The van der Waals surface area contributed by atoms with Gasteiger partial charge in [0.05, 0.1) is 0 Å². The van der Waals surface area contributed by atoms with Crippen LogP contribution in [0.15, 0.2) is 18.5 Å². The quantitative estimate of drug-likeness (QED) is 0.321. The third-order valence-electron chi connectivity index (χ3n) is 0.297. The number of nitrogens with two attached hydrogens (primary N) is 1. The zero-order valence-corrected chi connectivity index (χ0v) is 3.44. The minimum atomic E-state index is 1.53. The topological polar surface area (TPSA) is 16.6 Å². The van der Waals surface area contributed by atoms with Crippen molar-refractivity contribution in [1.29, 1.82) is 0 Å². The van der Waals surface area contributed by atoms with Crippen molar-refractivity contribution in [2.24, 2.45) is 0 Å². The van der Waals surface area contributed by atoms with Gasteiger partial charge < -0.3 is 0 Å². The van der Waals surface area contributed by atoms with E-state index in [1.165, 1.54) is 5.32 Å². The van der Waals surface area contributed by atoms with E-state index in [9.17, 15) is 0 Å². The zero-order valence-electron chi connectivity index (χ0n) is 3.44. The van der Waals surface area contributed by atoms with E-state index in [4.69, 9.17) is 6.42 Å². The molecular formula is C5H6N+. The Morgan fingerprint density at radius 1 is 1.83 bits per heavy atom. The van der Waals surface area contributed by atoms with Gasteiger partial charge in [-0.05, 0) is 0 Å². The van der Waals surface area contributed by atoms with Gasteiger partial charge >= 0.3 is 0 Å². The summed E-state index contributed by atoms with van der Waals surface area (Å²) in [6.07, 6.45) is 6.39. The van der Waals surface area contributed by atoms with E-state index in [1.54, 1.807) is 6.20 Å². The van der Waals surface area contributed by atoms with E-state index in [0.29, 0.717) is 0 Å². The van der Waals surface area contributed by atoms with Crippen molar-refractivity contribution >= 4 is 0 Å². The first-order chi connectivity index (χ1) is 2.91. The van der Waals surface area contributed by atoms with Crippen LogP contribution < -0.4 is 5.32 Å². The van der Waals surface area contributed by atoms with Gasteiger partial charge in [0, 0.05) is 0 Å². The standard InChI is InChI=1S/C5H5N/c1-3-5-6-4-2/h2,5-6H,1H2/p+1. The van der Waals surface area contributed by atoms with Gasteiger partial charge in [0.2, 0.25) is 0 Å². The molecule has 0 unspecified atom stereocenters. The van der Waals surface area contributed by atoms with Crippen LogP contribution in [0.25, 0.3) is 0 Å². The molecule has 0 aromatic rings. The lowest BCUT2D eigenvalue weighted by atomic mass is 10.8. The largest absolute Gasteiger partial charge is 0.237 e. The molecule has 0 bridgehead atoms. The molecule has 0 aromatic carbocycles. The molecule has 0 aliphatic heterocycles. The lowest BCUT2D eigenvalue weighted by molar-refractivity contribution is -0.490. The Hall–Kier alpha value is -0.960. The lowest BCUT2D eigenvalue weighted by Crippen LogP contribution is -2.71. The van der Waals surface area contributed by atoms with E-state index < -0.39 is 0 Å². The monoisotopic (exact) mass is 80.0 g/mol. The number of rotatable bonds is 1. The van der Waals surface area contributed by atoms with E-state index in [2.05, 4.69) is 18.4 Å². The highest BCUT2D eigenvalue weighted by Gasteiger charge is 1.56. The van der Waals surface area contributed by atoms with Crippen molar-refractivity contribution in [3.63, 3.8) is 0 Å². The number of hydrogen-bond donors (Lipinski definition) is 1. The first-order valence-corrected chi connectivity index (χ1v) is 1.55. The van der Waals surface area contributed by atoms with Crippen molar-refractivity contribution < 1.29 is 5.32 Å². The second kappa shape index (κ2) is 4.04. The van der Waals surface area contributed by atoms with Gasteiger partial charge in [0.1, 0.15) is 12.2 Å². The van der Waals surface area contributed by atoms with Gasteiger partial charge in [-0.2, -0.15) is 0 Å². The highest BCUT2D eigenvalue weighted by atomic mass is 14.8. The molecule has 0 atom stereocenters. The lowest BCUT2D eigenvalue weighted by Gasteiger charge is -1.62. The average Bonchev–Trinajstić information content (AvgIpc) is 1.61. The highest BCUT2D eigenvalue weighted by Crippen LogP contribution is 1.30. The summed E-state index contributed by atoms with van der Waals surface area (Å²) in [6.45, 7) is 3.29. The number of terminal acetylenes is 1. The third-order valence-corrected chi connectivity index (χ3v) is 0.297. The van der Waals surface area contributed by atoms with Crippen molar-refractivity contribution in [2.45, 2.75) is 0 Å². The van der Waals surface area contributed by atoms with Crippen LogP contribution in [-0.2, 0) is 0 Å². The average molecular weight is 80.1 g/mol. The van der Waals surface area contributed by atoms with Crippen LogP contribution >= 0.6 is 0 Å². The van der Waals surface area contributed by atoms with Crippen molar-refractivity contribution in [2.75, 3.05) is 0 Å².